The SMILES string of the molecule is Cc1ccc(C2(c3ccc(C)cc3)c3cc(C4=CC=C(C=O)/C(=N/S)C4=N)sc3-c3sc4c5c(sc4c32)-c2sc(C3=CC=C(C=O)/C(=N/S)C3=N)cc2C5(c2ccc(C)cc2)c2ccc(C)cc2)cc1. The number of fused-ring (bicyclic) bond motifs is 9. The fraction of sp³-hybridized carbons (Fsp3) is 0.103. The van der Waals surface area contributed by atoms with Crippen LogP contribution in [0, 0.1) is 38.5 Å². The number of hydrogen-bond acceptors (Lipinski definition) is 12. The molecule has 2 N–H and O–H groups in total. The second kappa shape index (κ2) is 16.6. The minimum absolute atomic E-state index is 0.168. The Bertz CT molecular complexity index is 3480. The highest BCUT2D eigenvalue weighted by molar-refractivity contribution is 7.79. The normalized spacial score (nSPS) is 17.5. The van der Waals surface area contributed by atoms with Crippen molar-refractivity contribution in [1.29, 1.82) is 10.8 Å². The molecular weight excluding hydrogens is 977 g/mol. The number of nitrogens with one attached hydrogen (secondary N) is 2. The first-order valence-electron chi connectivity index (χ1n) is 22.5. The molecule has 340 valence electrons. The molecular formula is C58H40N4O2S6. The highest BCUT2D eigenvalue weighted by atomic mass is 32.1. The average molecular weight is 1020 g/mol. The Labute approximate surface area is 432 Å². The van der Waals surface area contributed by atoms with E-state index in [2.05, 4.69) is 171 Å². The number of thiophene rings is 4. The quantitative estimate of drug-likeness (QED) is 0.0691. The van der Waals surface area contributed by atoms with Gasteiger partial charge in [0, 0.05) is 43.2 Å². The predicted molar refractivity (Wildman–Crippen MR) is 302 cm³/mol. The Hall–Kier alpha value is -6.38. The van der Waals surface area contributed by atoms with Gasteiger partial charge in [0.2, 0.25) is 0 Å². The fourth-order valence-corrected chi connectivity index (χ4v) is 17.3. The molecule has 70 heavy (non-hydrogen) atoms. The van der Waals surface area contributed by atoms with Gasteiger partial charge in [-0.3, -0.25) is 20.4 Å². The smallest absolute Gasteiger partial charge is 0.152 e. The van der Waals surface area contributed by atoms with Crippen LogP contribution >= 0.6 is 71.0 Å². The molecule has 0 radical (unpaired) electrons. The molecule has 4 aliphatic rings. The van der Waals surface area contributed by atoms with E-state index in [0.717, 1.165) is 65.5 Å². The molecule has 4 aromatic carbocycles. The largest absolute Gasteiger partial charge is 0.298 e. The molecule has 0 unspecified atom stereocenters. The number of allylic oxidation sites excluding steroid dienone is 8. The average Bonchev–Trinajstić information content (AvgIpc) is 4.22. The Morgan fingerprint density at radius 3 is 1.06 bits per heavy atom. The first-order valence-corrected chi connectivity index (χ1v) is 26.6. The van der Waals surface area contributed by atoms with Crippen molar-refractivity contribution in [3.05, 3.63) is 221 Å². The van der Waals surface area contributed by atoms with E-state index in [1.807, 2.05) is 34.8 Å². The van der Waals surface area contributed by atoms with Crippen LogP contribution in [0.2, 0.25) is 0 Å². The molecule has 4 aliphatic carbocycles. The summed E-state index contributed by atoms with van der Waals surface area (Å²) in [6.07, 6.45) is 8.68. The third-order valence-corrected chi connectivity index (χ3v) is 19.9. The van der Waals surface area contributed by atoms with Crippen molar-refractivity contribution in [2.45, 2.75) is 38.5 Å². The molecule has 0 atom stereocenters. The van der Waals surface area contributed by atoms with E-state index in [1.165, 1.54) is 52.5 Å². The van der Waals surface area contributed by atoms with E-state index < -0.39 is 10.8 Å². The number of nitrogens with zero attached hydrogens (tertiary/aromatic N) is 2. The van der Waals surface area contributed by atoms with Crippen LogP contribution < -0.4 is 0 Å². The zero-order chi connectivity index (χ0) is 48.4. The molecule has 4 heterocycles. The maximum absolute atomic E-state index is 12.1. The Kier molecular flexibility index (Phi) is 10.6. The number of carbonyl (C=O) groups excluding carboxylic acids is 2. The van der Waals surface area contributed by atoms with Gasteiger partial charge in [0.1, 0.15) is 11.4 Å². The summed E-state index contributed by atoms with van der Waals surface area (Å²) in [5, 5.41) is 18.7. The fourth-order valence-electron chi connectivity index (χ4n) is 10.9. The van der Waals surface area contributed by atoms with E-state index in [4.69, 9.17) is 0 Å². The van der Waals surface area contributed by atoms with Gasteiger partial charge in [-0.1, -0.05) is 131 Å². The first kappa shape index (κ1) is 44.8. The van der Waals surface area contributed by atoms with Gasteiger partial charge in [-0.15, -0.1) is 45.3 Å². The van der Waals surface area contributed by atoms with Gasteiger partial charge >= 0.3 is 0 Å². The molecule has 0 aliphatic heterocycles. The maximum Gasteiger partial charge on any atom is 0.152 e. The zero-order valence-corrected chi connectivity index (χ0v) is 43.1. The standard InChI is InChI=1S/C58H40N4O2S6/c1-29-5-15-35(16-6-29)57(36-17-7-30(2)8-18-36)41-25-43(39-23-13-33(27-63)49(61-65)47(39)59)67-51(41)53-45(57)55-56(69-53)46-54(70-55)52-42(26-44(68-52)40-24-14-34(28-64)50(62-66)48(40)60)58(46,37-19-9-31(3)10-20-37)38-21-11-32(4)12-22-38/h5-28,59-60,65-66H,1-4H3/b59-47?,60-48?,61-49-,62-50-. The van der Waals surface area contributed by atoms with Gasteiger partial charge < -0.3 is 0 Å². The van der Waals surface area contributed by atoms with Crippen molar-refractivity contribution in [2.75, 3.05) is 0 Å². The van der Waals surface area contributed by atoms with Crippen LogP contribution in [0.25, 0.3) is 40.1 Å². The van der Waals surface area contributed by atoms with Gasteiger partial charge in [-0.25, -0.2) is 8.80 Å². The second-order valence-electron chi connectivity index (χ2n) is 18.2. The van der Waals surface area contributed by atoms with E-state index in [-0.39, 0.29) is 22.8 Å². The van der Waals surface area contributed by atoms with E-state index in [1.54, 1.807) is 34.8 Å². The van der Waals surface area contributed by atoms with Gasteiger partial charge in [0.15, 0.2) is 12.6 Å². The number of benzene rings is 4. The van der Waals surface area contributed by atoms with Crippen LogP contribution in [0.4, 0.5) is 0 Å². The highest BCUT2D eigenvalue weighted by Gasteiger charge is 2.55. The molecule has 12 heteroatoms. The first-order chi connectivity index (χ1) is 34.0. The lowest BCUT2D eigenvalue weighted by molar-refractivity contribution is -0.105. The summed E-state index contributed by atoms with van der Waals surface area (Å²) in [7, 11) is 0. The lowest BCUT2D eigenvalue weighted by atomic mass is 9.67. The molecule has 0 amide bonds. The van der Waals surface area contributed by atoms with E-state index in [0.29, 0.717) is 22.3 Å². The topological polar surface area (TPSA) is 107 Å². The number of rotatable bonds is 8. The lowest BCUT2D eigenvalue weighted by Gasteiger charge is -2.34. The number of aldehydes is 2. The number of aryl methyl sites for hydroxylation is 4. The van der Waals surface area contributed by atoms with E-state index >= 15 is 0 Å². The van der Waals surface area contributed by atoms with Crippen molar-refractivity contribution >= 4 is 127 Å². The highest BCUT2D eigenvalue weighted by Crippen LogP contribution is 2.70. The van der Waals surface area contributed by atoms with Gasteiger partial charge in [0.05, 0.1) is 51.2 Å². The van der Waals surface area contributed by atoms with Crippen LogP contribution in [0.3, 0.4) is 0 Å². The molecule has 4 aromatic heterocycles. The summed E-state index contributed by atoms with van der Waals surface area (Å²) >= 11 is 15.5. The van der Waals surface area contributed by atoms with Crippen LogP contribution in [0.15, 0.2) is 153 Å². The van der Waals surface area contributed by atoms with E-state index in [9.17, 15) is 20.4 Å². The third kappa shape index (κ3) is 6.17. The lowest BCUT2D eigenvalue weighted by Crippen LogP contribution is -2.29. The molecule has 0 saturated heterocycles. The van der Waals surface area contributed by atoms with Crippen LogP contribution in [-0.4, -0.2) is 35.4 Å². The molecule has 8 aromatic rings. The Balaban J connectivity index is 1.21. The van der Waals surface area contributed by atoms with Crippen molar-refractivity contribution in [1.82, 2.24) is 0 Å². The summed E-state index contributed by atoms with van der Waals surface area (Å²) in [6, 6.07) is 40.5. The van der Waals surface area contributed by atoms with Gasteiger partial charge in [0.25, 0.3) is 0 Å². The minimum Gasteiger partial charge on any atom is -0.298 e. The summed E-state index contributed by atoms with van der Waals surface area (Å²) < 4.78 is 10.7. The number of hydrogen-bond donors (Lipinski definition) is 4. The molecule has 0 spiro atoms. The molecule has 12 rings (SSSR count). The van der Waals surface area contributed by atoms with Crippen LogP contribution in [0.5, 0.6) is 0 Å². The van der Waals surface area contributed by atoms with Gasteiger partial charge in [-0.2, -0.15) is 0 Å². The Morgan fingerprint density at radius 1 is 0.457 bits per heavy atom. The van der Waals surface area contributed by atoms with Crippen molar-refractivity contribution < 1.29 is 9.59 Å². The number of thiol groups is 2. The third-order valence-electron chi connectivity index (χ3n) is 14.3. The van der Waals surface area contributed by atoms with Crippen molar-refractivity contribution in [3.8, 4) is 19.5 Å². The maximum atomic E-state index is 12.1. The van der Waals surface area contributed by atoms with Crippen molar-refractivity contribution in [2.24, 2.45) is 8.80 Å². The summed E-state index contributed by atoms with van der Waals surface area (Å²) in [5.41, 5.74) is 15.6. The molecule has 0 bridgehead atoms. The Morgan fingerprint density at radius 2 is 0.771 bits per heavy atom. The number of carbonyl (C=O) groups is 2. The zero-order valence-electron chi connectivity index (χ0n) is 38.1. The summed E-state index contributed by atoms with van der Waals surface area (Å²) in [5.74, 6) is 0. The second-order valence-corrected chi connectivity index (χ2v) is 22.8. The van der Waals surface area contributed by atoms with Crippen molar-refractivity contribution in [3.63, 3.8) is 0 Å². The summed E-state index contributed by atoms with van der Waals surface area (Å²) in [4.78, 5) is 30.8. The molecule has 0 saturated carbocycles. The van der Waals surface area contributed by atoms with Crippen LogP contribution in [-0.2, 0) is 20.4 Å². The molecule has 6 nitrogen and oxygen atoms in total. The monoisotopic (exact) mass is 1020 g/mol. The minimum atomic E-state index is -0.744. The molecule has 0 fully saturated rings. The van der Waals surface area contributed by atoms with Crippen LogP contribution in [0.1, 0.15) is 76.5 Å². The van der Waals surface area contributed by atoms with Gasteiger partial charge in [-0.05, 0) is 111 Å². The summed E-state index contributed by atoms with van der Waals surface area (Å²) in [6.45, 7) is 8.51. The predicted octanol–water partition coefficient (Wildman–Crippen LogP) is 14.7.